The van der Waals surface area contributed by atoms with Crippen molar-refractivity contribution in [2.24, 2.45) is 0 Å². The molecule has 0 bridgehead atoms. The van der Waals surface area contributed by atoms with Gasteiger partial charge in [-0.2, -0.15) is 0 Å². The third-order valence-electron chi connectivity index (χ3n) is 3.21. The Morgan fingerprint density at radius 2 is 2.00 bits per heavy atom. The quantitative estimate of drug-likeness (QED) is 0.431. The molecule has 6 nitrogen and oxygen atoms in total. The standard InChI is InChI=1S/C18H26IN3O3/c1-18(2,3)25-17(24)22(4)12-14(23)16(21-11-10-15(19)20)13-8-6-5-7-9-13/h5-11,14,16,20-21,23H,12H2,1-4H3/b11-10-,20-15?. The second-order valence-electron chi connectivity index (χ2n) is 6.66. The van der Waals surface area contributed by atoms with Crippen molar-refractivity contribution in [3.8, 4) is 0 Å². The number of hydrogen-bond acceptors (Lipinski definition) is 5. The number of halogens is 1. The monoisotopic (exact) mass is 459 g/mol. The summed E-state index contributed by atoms with van der Waals surface area (Å²) in [6.07, 6.45) is 1.89. The highest BCUT2D eigenvalue weighted by Crippen LogP contribution is 2.18. The number of nitrogens with zero attached hydrogens (tertiary/aromatic N) is 1. The van der Waals surface area contributed by atoms with Gasteiger partial charge < -0.3 is 20.1 Å². The van der Waals surface area contributed by atoms with Gasteiger partial charge in [-0.25, -0.2) is 4.79 Å². The molecule has 1 aromatic rings. The van der Waals surface area contributed by atoms with Crippen LogP contribution in [0.5, 0.6) is 0 Å². The molecule has 2 atom stereocenters. The summed E-state index contributed by atoms with van der Waals surface area (Å²) in [4.78, 5) is 13.4. The van der Waals surface area contributed by atoms with Crippen LogP contribution in [0.4, 0.5) is 4.79 Å². The van der Waals surface area contributed by atoms with E-state index in [0.29, 0.717) is 3.72 Å². The van der Waals surface area contributed by atoms with E-state index in [2.05, 4.69) is 5.32 Å². The maximum absolute atomic E-state index is 12.1. The molecule has 1 amide bonds. The molecular weight excluding hydrogens is 433 g/mol. The van der Waals surface area contributed by atoms with Gasteiger partial charge in [-0.05, 0) is 61.2 Å². The van der Waals surface area contributed by atoms with Crippen LogP contribution < -0.4 is 5.32 Å². The molecule has 0 saturated carbocycles. The summed E-state index contributed by atoms with van der Waals surface area (Å²) >= 11 is 1.89. The summed E-state index contributed by atoms with van der Waals surface area (Å²) in [5.41, 5.74) is 0.300. The van der Waals surface area contributed by atoms with E-state index in [1.165, 1.54) is 4.90 Å². The molecule has 0 aliphatic rings. The molecule has 1 aromatic carbocycles. The molecule has 7 heteroatoms. The number of aliphatic hydroxyl groups excluding tert-OH is 1. The van der Waals surface area contributed by atoms with Gasteiger partial charge in [-0.15, -0.1) is 0 Å². The molecule has 0 saturated heterocycles. The number of ether oxygens (including phenoxy) is 1. The summed E-state index contributed by atoms with van der Waals surface area (Å²) in [5.74, 6) is 0. The Morgan fingerprint density at radius 3 is 2.52 bits per heavy atom. The van der Waals surface area contributed by atoms with Gasteiger partial charge in [-0.1, -0.05) is 30.3 Å². The zero-order valence-corrected chi connectivity index (χ0v) is 17.1. The number of hydrogen-bond donors (Lipinski definition) is 3. The highest BCUT2D eigenvalue weighted by Gasteiger charge is 2.25. The maximum atomic E-state index is 12.1. The van der Waals surface area contributed by atoms with E-state index in [9.17, 15) is 9.90 Å². The fourth-order valence-corrected chi connectivity index (χ4v) is 2.29. The van der Waals surface area contributed by atoms with E-state index in [0.717, 1.165) is 5.56 Å². The molecule has 0 aliphatic carbocycles. The molecule has 0 aliphatic heterocycles. The van der Waals surface area contributed by atoms with Gasteiger partial charge in [0.15, 0.2) is 0 Å². The van der Waals surface area contributed by atoms with Crippen molar-refractivity contribution in [3.63, 3.8) is 0 Å². The molecule has 0 spiro atoms. The van der Waals surface area contributed by atoms with Crippen molar-refractivity contribution < 1.29 is 14.6 Å². The summed E-state index contributed by atoms with van der Waals surface area (Å²) < 4.78 is 5.68. The van der Waals surface area contributed by atoms with Crippen LogP contribution in [0.3, 0.4) is 0 Å². The first-order valence-corrected chi connectivity index (χ1v) is 9.02. The van der Waals surface area contributed by atoms with Gasteiger partial charge in [-0.3, -0.25) is 5.41 Å². The van der Waals surface area contributed by atoms with Gasteiger partial charge in [0.25, 0.3) is 0 Å². The number of likely N-dealkylation sites (N-methyl/N-ethyl adjacent to an activating group) is 1. The van der Waals surface area contributed by atoms with E-state index in [4.69, 9.17) is 10.1 Å². The van der Waals surface area contributed by atoms with E-state index in [-0.39, 0.29) is 6.54 Å². The summed E-state index contributed by atoms with van der Waals surface area (Å²) in [6, 6.07) is 9.06. The first-order chi connectivity index (χ1) is 11.6. The van der Waals surface area contributed by atoms with Gasteiger partial charge in [0.05, 0.1) is 22.4 Å². The normalized spacial score (nSPS) is 14.0. The number of benzene rings is 1. The van der Waals surface area contributed by atoms with Crippen molar-refractivity contribution in [1.29, 1.82) is 5.41 Å². The smallest absolute Gasteiger partial charge is 0.410 e. The number of carbonyl (C=O) groups excluding carboxylic acids is 1. The van der Waals surface area contributed by atoms with Crippen molar-refractivity contribution in [2.45, 2.75) is 38.5 Å². The third-order valence-corrected chi connectivity index (χ3v) is 3.57. The van der Waals surface area contributed by atoms with E-state index < -0.39 is 23.8 Å². The predicted molar refractivity (Wildman–Crippen MR) is 108 cm³/mol. The van der Waals surface area contributed by atoms with Crippen LogP contribution >= 0.6 is 22.6 Å². The van der Waals surface area contributed by atoms with Gasteiger partial charge in [0.2, 0.25) is 0 Å². The molecule has 3 N–H and O–H groups in total. The minimum absolute atomic E-state index is 0.108. The van der Waals surface area contributed by atoms with Crippen LogP contribution in [0.25, 0.3) is 0 Å². The van der Waals surface area contributed by atoms with Crippen LogP contribution in [-0.2, 0) is 4.74 Å². The van der Waals surface area contributed by atoms with E-state index in [1.54, 1.807) is 40.1 Å². The number of nitrogens with one attached hydrogen (secondary N) is 2. The second kappa shape index (κ2) is 9.76. The Labute approximate surface area is 162 Å². The third kappa shape index (κ3) is 8.35. The average Bonchev–Trinajstić information content (AvgIpc) is 2.50. The van der Waals surface area contributed by atoms with Crippen LogP contribution in [0.2, 0.25) is 0 Å². The lowest BCUT2D eigenvalue weighted by molar-refractivity contribution is 0.0170. The summed E-state index contributed by atoms with van der Waals surface area (Å²) in [7, 11) is 1.59. The number of allylic oxidation sites excluding steroid dienone is 1. The lowest BCUT2D eigenvalue weighted by Gasteiger charge is -2.29. The van der Waals surface area contributed by atoms with Gasteiger partial charge in [0.1, 0.15) is 5.60 Å². The Hall–Kier alpha value is -1.61. The fourth-order valence-electron chi connectivity index (χ4n) is 2.12. The van der Waals surface area contributed by atoms with Gasteiger partial charge in [0, 0.05) is 7.05 Å². The lowest BCUT2D eigenvalue weighted by Crippen LogP contribution is -2.42. The Morgan fingerprint density at radius 1 is 1.40 bits per heavy atom. The highest BCUT2D eigenvalue weighted by molar-refractivity contribution is 14.1. The van der Waals surface area contributed by atoms with Crippen LogP contribution in [-0.4, -0.2) is 45.1 Å². The molecule has 1 rings (SSSR count). The Kier molecular flexibility index (Phi) is 8.37. The second-order valence-corrected chi connectivity index (χ2v) is 7.83. The molecule has 0 heterocycles. The van der Waals surface area contributed by atoms with Crippen LogP contribution in [0.1, 0.15) is 32.4 Å². The molecule has 0 aromatic heterocycles. The molecule has 138 valence electrons. The minimum atomic E-state index is -0.854. The largest absolute Gasteiger partial charge is 0.444 e. The predicted octanol–water partition coefficient (Wildman–Crippen LogP) is 3.47. The van der Waals surface area contributed by atoms with Crippen molar-refractivity contribution in [3.05, 3.63) is 48.2 Å². The molecule has 2 unspecified atom stereocenters. The van der Waals surface area contributed by atoms with Crippen molar-refractivity contribution in [1.82, 2.24) is 10.2 Å². The van der Waals surface area contributed by atoms with E-state index in [1.807, 2.05) is 52.9 Å². The van der Waals surface area contributed by atoms with Crippen molar-refractivity contribution >= 4 is 32.4 Å². The average molecular weight is 459 g/mol. The van der Waals surface area contributed by atoms with E-state index >= 15 is 0 Å². The summed E-state index contributed by atoms with van der Waals surface area (Å²) in [5, 5.41) is 21.2. The topological polar surface area (TPSA) is 85.7 Å². The summed E-state index contributed by atoms with van der Waals surface area (Å²) in [6.45, 7) is 5.50. The molecule has 0 radical (unpaired) electrons. The minimum Gasteiger partial charge on any atom is -0.444 e. The molecular formula is C18H26IN3O3. The first-order valence-electron chi connectivity index (χ1n) is 7.94. The number of amides is 1. The SMILES string of the molecule is CN(CC(O)C(N/C=C\C(=N)I)c1ccccc1)C(=O)OC(C)(C)C. The van der Waals surface area contributed by atoms with Crippen molar-refractivity contribution in [2.75, 3.05) is 13.6 Å². The molecule has 0 fully saturated rings. The Bertz CT molecular complexity index is 599. The first kappa shape index (κ1) is 21.4. The number of aliphatic hydroxyl groups is 1. The Balaban J connectivity index is 2.83. The lowest BCUT2D eigenvalue weighted by atomic mass is 10.0. The maximum Gasteiger partial charge on any atom is 0.410 e. The number of rotatable bonds is 7. The number of carbonyl (C=O) groups is 1. The highest BCUT2D eigenvalue weighted by atomic mass is 127. The zero-order chi connectivity index (χ0) is 19.0. The van der Waals surface area contributed by atoms with Gasteiger partial charge >= 0.3 is 6.09 Å². The van der Waals surface area contributed by atoms with Crippen LogP contribution in [0.15, 0.2) is 42.6 Å². The zero-order valence-electron chi connectivity index (χ0n) is 15.0. The fraction of sp³-hybridized carbons (Fsp3) is 0.444. The van der Waals surface area contributed by atoms with Crippen LogP contribution in [0, 0.1) is 5.41 Å². The molecule has 25 heavy (non-hydrogen) atoms.